The quantitative estimate of drug-likeness (QED) is 0.359. The van der Waals surface area contributed by atoms with Gasteiger partial charge in [-0.2, -0.15) is 0 Å². The fraction of sp³-hybridized carbons (Fsp3) is 0.0400. The Morgan fingerprint density at radius 3 is 1.59 bits per heavy atom. The van der Waals surface area contributed by atoms with E-state index in [4.69, 9.17) is 0 Å². The lowest BCUT2D eigenvalue weighted by atomic mass is 9.67. The number of hydrogen-bond donors (Lipinski definition) is 1. The zero-order chi connectivity index (χ0) is 20.2. The molecule has 1 aliphatic rings. The highest BCUT2D eigenvalue weighted by molar-refractivity contribution is 5.86. The van der Waals surface area contributed by atoms with Gasteiger partial charge in [-0.25, -0.2) is 13.2 Å². The normalized spacial score (nSPS) is 13.8. The van der Waals surface area contributed by atoms with Gasteiger partial charge in [-0.3, -0.25) is 0 Å². The topological polar surface area (TPSA) is 20.2 Å². The molecule has 0 saturated carbocycles. The van der Waals surface area contributed by atoms with Gasteiger partial charge in [-0.05, 0) is 57.6 Å². The molecule has 1 nitrogen and oxygen atoms in total. The van der Waals surface area contributed by atoms with E-state index in [1.807, 2.05) is 48.5 Å². The van der Waals surface area contributed by atoms with E-state index in [9.17, 15) is 18.3 Å². The molecule has 4 heteroatoms. The van der Waals surface area contributed by atoms with E-state index >= 15 is 0 Å². The van der Waals surface area contributed by atoms with Crippen molar-refractivity contribution in [3.8, 4) is 16.9 Å². The second kappa shape index (κ2) is 6.24. The summed E-state index contributed by atoms with van der Waals surface area (Å²) < 4.78 is 42.5. The van der Waals surface area contributed by atoms with Gasteiger partial charge in [-0.1, -0.05) is 60.7 Å². The van der Waals surface area contributed by atoms with Crippen molar-refractivity contribution in [2.45, 2.75) is 5.41 Å². The maximum absolute atomic E-state index is 14.3. The first-order valence-corrected chi connectivity index (χ1v) is 9.17. The highest BCUT2D eigenvalue weighted by atomic mass is 19.2. The van der Waals surface area contributed by atoms with Crippen molar-refractivity contribution in [1.29, 1.82) is 0 Å². The van der Waals surface area contributed by atoms with Crippen LogP contribution < -0.4 is 0 Å². The Balaban J connectivity index is 1.97. The molecule has 4 aromatic carbocycles. The summed E-state index contributed by atoms with van der Waals surface area (Å²) in [5.41, 5.74) is 3.54. The number of benzene rings is 4. The van der Waals surface area contributed by atoms with Crippen molar-refractivity contribution in [3.05, 3.63) is 125 Å². The van der Waals surface area contributed by atoms with Crippen LogP contribution in [0.25, 0.3) is 11.1 Å². The van der Waals surface area contributed by atoms with Crippen molar-refractivity contribution in [1.82, 2.24) is 0 Å². The predicted octanol–water partition coefficient (Wildman–Crippen LogP) is 6.17. The molecular weight excluding hydrogens is 373 g/mol. The first kappa shape index (κ1) is 17.6. The SMILES string of the molecule is Oc1ccc(C2(c3cc(F)c(F)c(F)c3)c3ccccc3-c3ccccc32)cc1. The van der Waals surface area contributed by atoms with Gasteiger partial charge in [0.25, 0.3) is 0 Å². The molecule has 0 fully saturated rings. The third-order valence-corrected chi connectivity index (χ3v) is 5.67. The molecule has 0 amide bonds. The van der Waals surface area contributed by atoms with Gasteiger partial charge in [-0.15, -0.1) is 0 Å². The number of rotatable bonds is 2. The molecule has 0 bridgehead atoms. The van der Waals surface area contributed by atoms with Crippen LogP contribution in [0.5, 0.6) is 5.75 Å². The van der Waals surface area contributed by atoms with E-state index in [0.717, 1.165) is 39.9 Å². The van der Waals surface area contributed by atoms with Gasteiger partial charge in [0.2, 0.25) is 0 Å². The minimum absolute atomic E-state index is 0.0833. The van der Waals surface area contributed by atoms with E-state index < -0.39 is 22.9 Å². The molecule has 0 spiro atoms. The molecule has 0 atom stereocenters. The number of phenols is 1. The Morgan fingerprint density at radius 1 is 0.586 bits per heavy atom. The van der Waals surface area contributed by atoms with Gasteiger partial charge >= 0.3 is 0 Å². The molecule has 0 aromatic heterocycles. The largest absolute Gasteiger partial charge is 0.508 e. The molecule has 0 heterocycles. The maximum Gasteiger partial charge on any atom is 0.194 e. The fourth-order valence-electron chi connectivity index (χ4n) is 4.51. The average molecular weight is 388 g/mol. The fourth-order valence-corrected chi connectivity index (χ4v) is 4.51. The summed E-state index contributed by atoms with van der Waals surface area (Å²) in [4.78, 5) is 0. The smallest absolute Gasteiger partial charge is 0.194 e. The van der Waals surface area contributed by atoms with Gasteiger partial charge in [0.1, 0.15) is 5.75 Å². The highest BCUT2D eigenvalue weighted by Crippen LogP contribution is 2.56. The lowest BCUT2D eigenvalue weighted by Gasteiger charge is -2.34. The summed E-state index contributed by atoms with van der Waals surface area (Å²) in [7, 11) is 0. The van der Waals surface area contributed by atoms with E-state index in [1.54, 1.807) is 12.1 Å². The second-order valence-electron chi connectivity index (χ2n) is 7.14. The highest BCUT2D eigenvalue weighted by Gasteiger charge is 2.46. The zero-order valence-corrected chi connectivity index (χ0v) is 15.2. The van der Waals surface area contributed by atoms with Gasteiger partial charge < -0.3 is 5.11 Å². The summed E-state index contributed by atoms with van der Waals surface area (Å²) in [6, 6.07) is 24.0. The first-order valence-electron chi connectivity index (χ1n) is 9.17. The summed E-state index contributed by atoms with van der Waals surface area (Å²) >= 11 is 0. The number of aromatic hydroxyl groups is 1. The summed E-state index contributed by atoms with van der Waals surface area (Å²) in [6.45, 7) is 0. The summed E-state index contributed by atoms with van der Waals surface area (Å²) in [6.07, 6.45) is 0. The van der Waals surface area contributed by atoms with Crippen molar-refractivity contribution >= 4 is 0 Å². The Morgan fingerprint density at radius 2 is 1.07 bits per heavy atom. The van der Waals surface area contributed by atoms with E-state index in [-0.39, 0.29) is 11.3 Å². The van der Waals surface area contributed by atoms with E-state index in [1.165, 1.54) is 12.1 Å². The zero-order valence-electron chi connectivity index (χ0n) is 15.2. The molecular formula is C25H15F3O. The first-order chi connectivity index (χ1) is 14.0. The Bertz CT molecular complexity index is 1180. The second-order valence-corrected chi connectivity index (χ2v) is 7.14. The number of hydrogen-bond acceptors (Lipinski definition) is 1. The summed E-state index contributed by atoms with van der Waals surface area (Å²) in [5, 5.41) is 9.80. The van der Waals surface area contributed by atoms with Gasteiger partial charge in [0, 0.05) is 0 Å². The van der Waals surface area contributed by atoms with Gasteiger partial charge in [0.15, 0.2) is 17.5 Å². The average Bonchev–Trinajstić information content (AvgIpc) is 3.04. The van der Waals surface area contributed by atoms with Crippen LogP contribution in [0.1, 0.15) is 22.3 Å². The third kappa shape index (κ3) is 2.35. The van der Waals surface area contributed by atoms with E-state index in [2.05, 4.69) is 0 Å². The Labute approximate surface area is 165 Å². The van der Waals surface area contributed by atoms with Crippen LogP contribution >= 0.6 is 0 Å². The number of phenolic OH excluding ortho intramolecular Hbond substituents is 1. The van der Waals surface area contributed by atoms with Crippen LogP contribution in [0.2, 0.25) is 0 Å². The van der Waals surface area contributed by atoms with Crippen molar-refractivity contribution < 1.29 is 18.3 Å². The number of halogens is 3. The van der Waals surface area contributed by atoms with Crippen molar-refractivity contribution in [2.24, 2.45) is 0 Å². The van der Waals surface area contributed by atoms with Crippen LogP contribution in [-0.4, -0.2) is 5.11 Å². The molecule has 0 unspecified atom stereocenters. The minimum atomic E-state index is -1.49. The molecule has 1 aliphatic carbocycles. The van der Waals surface area contributed by atoms with Crippen LogP contribution in [0.15, 0.2) is 84.9 Å². The monoisotopic (exact) mass is 388 g/mol. The molecule has 29 heavy (non-hydrogen) atoms. The van der Waals surface area contributed by atoms with Crippen molar-refractivity contribution in [3.63, 3.8) is 0 Å². The molecule has 142 valence electrons. The predicted molar refractivity (Wildman–Crippen MR) is 105 cm³/mol. The molecule has 0 saturated heterocycles. The lowest BCUT2D eigenvalue weighted by Crippen LogP contribution is -2.29. The lowest BCUT2D eigenvalue weighted by molar-refractivity contribution is 0.443. The Hall–Kier alpha value is -3.53. The van der Waals surface area contributed by atoms with Crippen molar-refractivity contribution in [2.75, 3.05) is 0 Å². The molecule has 1 N–H and O–H groups in total. The molecule has 4 aromatic rings. The summed E-state index contributed by atoms with van der Waals surface area (Å²) in [5.74, 6) is -3.88. The Kier molecular flexibility index (Phi) is 3.78. The van der Waals surface area contributed by atoms with Crippen LogP contribution in [-0.2, 0) is 5.41 Å². The maximum atomic E-state index is 14.3. The standard InChI is InChI=1S/C25H15F3O/c26-22-13-16(14-23(27)24(22)28)25(15-9-11-17(29)12-10-15)20-7-3-1-5-18(20)19-6-2-4-8-21(19)25/h1-14,29H. The third-order valence-electron chi connectivity index (χ3n) is 5.67. The number of fused-ring (bicyclic) bond motifs is 3. The molecule has 0 radical (unpaired) electrons. The van der Waals surface area contributed by atoms with Crippen LogP contribution in [0.3, 0.4) is 0 Å². The van der Waals surface area contributed by atoms with E-state index in [0.29, 0.717) is 0 Å². The minimum Gasteiger partial charge on any atom is -0.508 e. The molecule has 5 rings (SSSR count). The van der Waals surface area contributed by atoms with Gasteiger partial charge in [0.05, 0.1) is 5.41 Å². The van der Waals surface area contributed by atoms with Crippen LogP contribution in [0.4, 0.5) is 13.2 Å². The molecule has 0 aliphatic heterocycles. The van der Waals surface area contributed by atoms with Crippen LogP contribution in [0, 0.1) is 17.5 Å².